The van der Waals surface area contributed by atoms with Gasteiger partial charge in [-0.3, -0.25) is 9.78 Å². The van der Waals surface area contributed by atoms with Gasteiger partial charge in [-0.2, -0.15) is 9.57 Å². The van der Waals surface area contributed by atoms with Crippen LogP contribution in [0.4, 0.5) is 0 Å². The van der Waals surface area contributed by atoms with Gasteiger partial charge in [0.05, 0.1) is 22.2 Å². The molecule has 1 unspecified atom stereocenters. The number of piperidine rings is 1. The van der Waals surface area contributed by atoms with Crippen molar-refractivity contribution >= 4 is 26.7 Å². The second-order valence-corrected chi connectivity index (χ2v) is 10.0. The Morgan fingerprint density at radius 1 is 1.00 bits per heavy atom. The summed E-state index contributed by atoms with van der Waals surface area (Å²) in [7, 11) is -3.47. The Morgan fingerprint density at radius 3 is 2.44 bits per heavy atom. The Balaban J connectivity index is 1.42. The lowest BCUT2D eigenvalue weighted by Crippen LogP contribution is -2.35. The van der Waals surface area contributed by atoms with E-state index in [0.29, 0.717) is 25.2 Å². The van der Waals surface area contributed by atoms with Crippen molar-refractivity contribution in [2.45, 2.75) is 42.9 Å². The number of nitrogens with zero attached hydrogens (tertiary/aromatic N) is 3. The molecule has 164 valence electrons. The Labute approximate surface area is 188 Å². The van der Waals surface area contributed by atoms with E-state index >= 15 is 0 Å². The van der Waals surface area contributed by atoms with E-state index in [4.69, 9.17) is 0 Å². The molecule has 0 spiro atoms. The number of nitriles is 1. The number of sulfonamides is 1. The summed E-state index contributed by atoms with van der Waals surface area (Å²) in [6, 6.07) is 20.0. The number of carbonyl (C=O) groups is 1. The topological polar surface area (TPSA) is 91.1 Å². The van der Waals surface area contributed by atoms with Crippen molar-refractivity contribution in [1.29, 1.82) is 5.26 Å². The fourth-order valence-electron chi connectivity index (χ4n) is 4.04. The Bertz CT molecular complexity index is 1260. The van der Waals surface area contributed by atoms with Crippen LogP contribution in [-0.2, 0) is 21.2 Å². The van der Waals surface area contributed by atoms with Crippen LogP contribution in [0, 0.1) is 11.3 Å². The fraction of sp³-hybridized carbons (Fsp3) is 0.320. The molecule has 7 heteroatoms. The van der Waals surface area contributed by atoms with Gasteiger partial charge in [-0.15, -0.1) is 0 Å². The van der Waals surface area contributed by atoms with Crippen molar-refractivity contribution in [3.8, 4) is 6.07 Å². The van der Waals surface area contributed by atoms with Crippen molar-refractivity contribution in [2.75, 3.05) is 13.1 Å². The van der Waals surface area contributed by atoms with Gasteiger partial charge in [0.2, 0.25) is 10.0 Å². The molecule has 0 radical (unpaired) electrons. The molecule has 3 aromatic rings. The molecular formula is C25H25N3O3S. The second kappa shape index (κ2) is 9.60. The maximum atomic E-state index is 12.8. The van der Waals surface area contributed by atoms with E-state index in [2.05, 4.69) is 11.1 Å². The van der Waals surface area contributed by atoms with Gasteiger partial charge in [0, 0.05) is 24.9 Å². The number of hydrogen-bond acceptors (Lipinski definition) is 5. The fourth-order valence-corrected chi connectivity index (χ4v) is 5.56. The summed E-state index contributed by atoms with van der Waals surface area (Å²) in [6.45, 7) is 1.13. The number of aryl methyl sites for hydroxylation is 1. The van der Waals surface area contributed by atoms with E-state index in [9.17, 15) is 18.5 Å². The van der Waals surface area contributed by atoms with E-state index in [0.717, 1.165) is 35.7 Å². The molecule has 32 heavy (non-hydrogen) atoms. The highest BCUT2D eigenvalue weighted by Crippen LogP contribution is 2.23. The van der Waals surface area contributed by atoms with Crippen molar-refractivity contribution in [1.82, 2.24) is 9.29 Å². The number of carbonyl (C=O) groups excluding carboxylic acids is 1. The number of rotatable bonds is 7. The minimum Gasteiger partial charge on any atom is -0.298 e. The first kappa shape index (κ1) is 22.1. The minimum absolute atomic E-state index is 0.185. The highest BCUT2D eigenvalue weighted by molar-refractivity contribution is 7.89. The van der Waals surface area contributed by atoms with Gasteiger partial charge in [-0.1, -0.05) is 42.8 Å². The van der Waals surface area contributed by atoms with E-state index < -0.39 is 15.9 Å². The largest absolute Gasteiger partial charge is 0.298 e. The number of Topliss-reactive ketones (excluding diaryl/α,β-unsaturated/α-hetero) is 1. The van der Waals surface area contributed by atoms with Crippen LogP contribution in [-0.4, -0.2) is 36.6 Å². The maximum Gasteiger partial charge on any atom is 0.243 e. The zero-order valence-electron chi connectivity index (χ0n) is 17.8. The second-order valence-electron chi connectivity index (χ2n) is 8.07. The highest BCUT2D eigenvalue weighted by atomic mass is 32.2. The molecule has 2 aromatic carbocycles. The number of benzene rings is 2. The summed E-state index contributed by atoms with van der Waals surface area (Å²) in [5.74, 6) is -1.11. The van der Waals surface area contributed by atoms with Crippen LogP contribution in [0.3, 0.4) is 0 Å². The van der Waals surface area contributed by atoms with Gasteiger partial charge >= 0.3 is 0 Å². The van der Waals surface area contributed by atoms with Gasteiger partial charge in [0.25, 0.3) is 0 Å². The first-order chi connectivity index (χ1) is 15.5. The monoisotopic (exact) mass is 447 g/mol. The quantitative estimate of drug-likeness (QED) is 0.541. The van der Waals surface area contributed by atoms with Crippen LogP contribution in [0.5, 0.6) is 0 Å². The molecule has 2 heterocycles. The summed E-state index contributed by atoms with van der Waals surface area (Å²) >= 11 is 0. The molecule has 1 saturated heterocycles. The summed E-state index contributed by atoms with van der Waals surface area (Å²) in [4.78, 5) is 17.5. The third-order valence-electron chi connectivity index (χ3n) is 5.90. The zero-order valence-corrected chi connectivity index (χ0v) is 18.6. The SMILES string of the molecule is N#CC(C(=O)CCc1ccc(S(=O)(=O)N2CCCCC2)cc1)c1ccc2ccccc2n1. The molecule has 6 nitrogen and oxygen atoms in total. The molecular weight excluding hydrogens is 422 g/mol. The van der Waals surface area contributed by atoms with Crippen molar-refractivity contribution < 1.29 is 13.2 Å². The average Bonchev–Trinajstić information content (AvgIpc) is 2.84. The van der Waals surface area contributed by atoms with Crippen LogP contribution >= 0.6 is 0 Å². The molecule has 1 aliphatic rings. The van der Waals surface area contributed by atoms with Crippen molar-refractivity contribution in [2.24, 2.45) is 0 Å². The van der Waals surface area contributed by atoms with Crippen LogP contribution in [0.1, 0.15) is 42.9 Å². The molecule has 1 aliphatic heterocycles. The molecule has 1 atom stereocenters. The summed E-state index contributed by atoms with van der Waals surface area (Å²) < 4.78 is 27.1. The van der Waals surface area contributed by atoms with E-state index in [-0.39, 0.29) is 17.1 Å². The van der Waals surface area contributed by atoms with Crippen LogP contribution in [0.2, 0.25) is 0 Å². The maximum absolute atomic E-state index is 12.8. The molecule has 4 rings (SSSR count). The first-order valence-corrected chi connectivity index (χ1v) is 12.3. The predicted octanol–water partition coefficient (Wildman–Crippen LogP) is 4.22. The van der Waals surface area contributed by atoms with Gasteiger partial charge in [0.15, 0.2) is 5.78 Å². The Morgan fingerprint density at radius 2 is 1.72 bits per heavy atom. The Kier molecular flexibility index (Phi) is 6.63. The number of ketones is 1. The summed E-state index contributed by atoms with van der Waals surface area (Å²) in [5, 5.41) is 10.5. The molecule has 0 N–H and O–H groups in total. The Hall–Kier alpha value is -3.08. The summed E-state index contributed by atoms with van der Waals surface area (Å²) in [6.07, 6.45) is 3.48. The number of pyridine rings is 1. The standard InChI is InChI=1S/C25H25N3O3S/c26-18-22(24-14-11-20-6-2-3-7-23(20)27-24)25(29)15-10-19-8-12-21(13-9-19)32(30,31)28-16-4-1-5-17-28/h2-3,6-9,11-14,22H,1,4-5,10,15-17H2. The lowest BCUT2D eigenvalue weighted by atomic mass is 9.95. The van der Waals surface area contributed by atoms with Crippen LogP contribution < -0.4 is 0 Å². The van der Waals surface area contributed by atoms with Gasteiger partial charge in [0.1, 0.15) is 5.92 Å². The molecule has 0 saturated carbocycles. The van der Waals surface area contributed by atoms with E-state index in [1.165, 1.54) is 0 Å². The molecule has 1 fully saturated rings. The third kappa shape index (κ3) is 4.72. The van der Waals surface area contributed by atoms with Crippen LogP contribution in [0.15, 0.2) is 65.6 Å². The summed E-state index contributed by atoms with van der Waals surface area (Å²) in [5.41, 5.74) is 2.07. The van der Waals surface area contributed by atoms with Crippen LogP contribution in [0.25, 0.3) is 10.9 Å². The molecule has 0 amide bonds. The average molecular weight is 448 g/mol. The van der Waals surface area contributed by atoms with Gasteiger partial charge in [-0.25, -0.2) is 8.42 Å². The number of aromatic nitrogens is 1. The lowest BCUT2D eigenvalue weighted by Gasteiger charge is -2.25. The van der Waals surface area contributed by atoms with E-state index in [1.54, 1.807) is 34.6 Å². The van der Waals surface area contributed by atoms with Gasteiger partial charge < -0.3 is 0 Å². The minimum atomic E-state index is -3.47. The first-order valence-electron chi connectivity index (χ1n) is 10.9. The number of hydrogen-bond donors (Lipinski definition) is 0. The highest BCUT2D eigenvalue weighted by Gasteiger charge is 2.26. The van der Waals surface area contributed by atoms with Crippen molar-refractivity contribution in [3.05, 3.63) is 71.9 Å². The van der Waals surface area contributed by atoms with E-state index in [1.807, 2.05) is 30.3 Å². The molecule has 1 aromatic heterocycles. The zero-order chi connectivity index (χ0) is 22.6. The lowest BCUT2D eigenvalue weighted by molar-refractivity contribution is -0.119. The normalized spacial score (nSPS) is 15.8. The third-order valence-corrected chi connectivity index (χ3v) is 7.82. The number of para-hydroxylation sites is 1. The van der Waals surface area contributed by atoms with Crippen molar-refractivity contribution in [3.63, 3.8) is 0 Å². The molecule has 0 aliphatic carbocycles. The predicted molar refractivity (Wildman–Crippen MR) is 122 cm³/mol. The number of fused-ring (bicyclic) bond motifs is 1. The van der Waals surface area contributed by atoms with Gasteiger partial charge in [-0.05, 0) is 49.1 Å². The smallest absolute Gasteiger partial charge is 0.243 e. The molecule has 0 bridgehead atoms.